The van der Waals surface area contributed by atoms with Gasteiger partial charge in [-0.1, -0.05) is 24.3 Å². The fourth-order valence-electron chi connectivity index (χ4n) is 2.14. The highest BCUT2D eigenvalue weighted by Crippen LogP contribution is 2.34. The number of benzene rings is 2. The van der Waals surface area contributed by atoms with Gasteiger partial charge >= 0.3 is 0 Å². The van der Waals surface area contributed by atoms with Gasteiger partial charge in [0.1, 0.15) is 25.6 Å². The third-order valence-electron chi connectivity index (χ3n) is 3.12. The van der Waals surface area contributed by atoms with Gasteiger partial charge in [-0.25, -0.2) is 0 Å². The fraction of sp³-hybridized carbons (Fsp3) is 0.250. The molecule has 0 bridgehead atoms. The van der Waals surface area contributed by atoms with Crippen LogP contribution < -0.4 is 14.2 Å². The molecule has 0 atom stereocenters. The second-order valence-electron chi connectivity index (χ2n) is 4.54. The maximum atomic E-state index is 9.11. The highest BCUT2D eigenvalue weighted by Gasteiger charge is 2.15. The molecule has 4 heteroatoms. The van der Waals surface area contributed by atoms with Crippen LogP contribution >= 0.6 is 0 Å². The van der Waals surface area contributed by atoms with Crippen LogP contribution in [0.3, 0.4) is 0 Å². The molecule has 0 aliphatic carbocycles. The molecule has 0 aromatic heterocycles. The molecule has 0 saturated heterocycles. The normalized spacial score (nSPS) is 13.1. The molecule has 4 nitrogen and oxygen atoms in total. The van der Waals surface area contributed by atoms with Crippen molar-refractivity contribution in [1.29, 1.82) is 0 Å². The number of para-hydroxylation sites is 1. The van der Waals surface area contributed by atoms with Crippen LogP contribution in [-0.4, -0.2) is 18.3 Å². The minimum atomic E-state index is 0.00882. The predicted molar refractivity (Wildman–Crippen MR) is 74.1 cm³/mol. The van der Waals surface area contributed by atoms with E-state index in [1.165, 1.54) is 0 Å². The Morgan fingerprint density at radius 1 is 1.05 bits per heavy atom. The van der Waals surface area contributed by atoms with E-state index in [-0.39, 0.29) is 6.61 Å². The molecule has 20 heavy (non-hydrogen) atoms. The lowest BCUT2D eigenvalue weighted by molar-refractivity contribution is 0.166. The molecule has 0 amide bonds. The summed E-state index contributed by atoms with van der Waals surface area (Å²) in [5.74, 6) is 2.25. The van der Waals surface area contributed by atoms with Crippen LogP contribution in [0.5, 0.6) is 17.2 Å². The van der Waals surface area contributed by atoms with Crippen molar-refractivity contribution in [3.63, 3.8) is 0 Å². The van der Waals surface area contributed by atoms with Crippen molar-refractivity contribution in [2.45, 2.75) is 13.2 Å². The third kappa shape index (κ3) is 2.70. The van der Waals surface area contributed by atoms with Crippen LogP contribution in [0.4, 0.5) is 0 Å². The van der Waals surface area contributed by atoms with E-state index in [1.807, 2.05) is 42.5 Å². The van der Waals surface area contributed by atoms with E-state index in [0.29, 0.717) is 19.8 Å². The Morgan fingerprint density at radius 2 is 1.90 bits per heavy atom. The predicted octanol–water partition coefficient (Wildman–Crippen LogP) is 2.53. The molecule has 1 aliphatic rings. The first-order valence-electron chi connectivity index (χ1n) is 6.57. The van der Waals surface area contributed by atoms with E-state index in [2.05, 4.69) is 0 Å². The number of aliphatic hydroxyl groups excluding tert-OH is 1. The number of aliphatic hydroxyl groups is 1. The molecule has 104 valence electrons. The van der Waals surface area contributed by atoms with Gasteiger partial charge in [0, 0.05) is 5.56 Å². The molecule has 2 aromatic carbocycles. The van der Waals surface area contributed by atoms with E-state index >= 15 is 0 Å². The topological polar surface area (TPSA) is 47.9 Å². The quantitative estimate of drug-likeness (QED) is 0.929. The molecule has 1 heterocycles. The summed E-state index contributed by atoms with van der Waals surface area (Å²) < 4.78 is 16.9. The summed E-state index contributed by atoms with van der Waals surface area (Å²) in [7, 11) is 0. The monoisotopic (exact) mass is 272 g/mol. The lowest BCUT2D eigenvalue weighted by Gasteiger charge is -2.21. The van der Waals surface area contributed by atoms with Crippen molar-refractivity contribution < 1.29 is 19.3 Å². The Balaban J connectivity index is 1.75. The summed E-state index contributed by atoms with van der Waals surface area (Å²) in [5, 5.41) is 9.11. The van der Waals surface area contributed by atoms with Gasteiger partial charge in [0.15, 0.2) is 11.5 Å². The molecule has 0 unspecified atom stereocenters. The fourth-order valence-corrected chi connectivity index (χ4v) is 2.14. The van der Waals surface area contributed by atoms with Crippen LogP contribution in [-0.2, 0) is 13.2 Å². The van der Waals surface area contributed by atoms with Gasteiger partial charge in [0.25, 0.3) is 0 Å². The molecular weight excluding hydrogens is 256 g/mol. The van der Waals surface area contributed by atoms with Gasteiger partial charge < -0.3 is 19.3 Å². The highest BCUT2D eigenvalue weighted by molar-refractivity contribution is 5.47. The lowest BCUT2D eigenvalue weighted by atomic mass is 10.2. The summed E-state index contributed by atoms with van der Waals surface area (Å²) in [6.07, 6.45) is 0. The second-order valence-corrected chi connectivity index (χ2v) is 4.54. The summed E-state index contributed by atoms with van der Waals surface area (Å²) in [5.41, 5.74) is 1.79. The zero-order valence-electron chi connectivity index (χ0n) is 11.0. The van der Waals surface area contributed by atoms with Gasteiger partial charge in [-0.05, 0) is 23.8 Å². The first kappa shape index (κ1) is 12.8. The zero-order valence-corrected chi connectivity index (χ0v) is 11.0. The highest BCUT2D eigenvalue weighted by atomic mass is 16.6. The summed E-state index contributed by atoms with van der Waals surface area (Å²) in [6.45, 7) is 1.55. The van der Waals surface area contributed by atoms with E-state index < -0.39 is 0 Å². The summed E-state index contributed by atoms with van der Waals surface area (Å²) in [4.78, 5) is 0. The number of hydrogen-bond donors (Lipinski definition) is 1. The number of fused-ring (bicyclic) bond motifs is 1. The standard InChI is InChI=1S/C16H16O4/c17-10-12-3-1-5-14(9-12)20-11-13-4-2-6-15-16(13)19-8-7-18-15/h1-6,9,17H,7-8,10-11H2. The van der Waals surface area contributed by atoms with Gasteiger partial charge in [-0.2, -0.15) is 0 Å². The third-order valence-corrected chi connectivity index (χ3v) is 3.12. The molecule has 0 fully saturated rings. The van der Waals surface area contributed by atoms with Crippen LogP contribution in [0.1, 0.15) is 11.1 Å². The van der Waals surface area contributed by atoms with Crippen molar-refractivity contribution in [2.24, 2.45) is 0 Å². The van der Waals surface area contributed by atoms with E-state index in [9.17, 15) is 0 Å². The smallest absolute Gasteiger partial charge is 0.167 e. The average molecular weight is 272 g/mol. The number of ether oxygens (including phenoxy) is 3. The first-order valence-corrected chi connectivity index (χ1v) is 6.57. The Morgan fingerprint density at radius 3 is 2.80 bits per heavy atom. The van der Waals surface area contributed by atoms with Gasteiger partial charge in [0.2, 0.25) is 0 Å². The molecule has 2 aromatic rings. The van der Waals surface area contributed by atoms with Gasteiger partial charge in [-0.15, -0.1) is 0 Å². The van der Waals surface area contributed by atoms with E-state index in [0.717, 1.165) is 28.4 Å². The van der Waals surface area contributed by atoms with E-state index in [1.54, 1.807) is 0 Å². The zero-order chi connectivity index (χ0) is 13.8. The summed E-state index contributed by atoms with van der Waals surface area (Å²) in [6, 6.07) is 13.2. The molecule has 0 radical (unpaired) electrons. The average Bonchev–Trinajstić information content (AvgIpc) is 2.53. The molecular formula is C16H16O4. The lowest BCUT2D eigenvalue weighted by Crippen LogP contribution is -2.17. The number of hydrogen-bond acceptors (Lipinski definition) is 4. The van der Waals surface area contributed by atoms with Crippen LogP contribution in [0, 0.1) is 0 Å². The van der Waals surface area contributed by atoms with Crippen molar-refractivity contribution >= 4 is 0 Å². The number of rotatable bonds is 4. The minimum absolute atomic E-state index is 0.00882. The second kappa shape index (κ2) is 5.84. The van der Waals surface area contributed by atoms with Crippen molar-refractivity contribution in [3.8, 4) is 17.2 Å². The maximum Gasteiger partial charge on any atom is 0.167 e. The molecule has 0 spiro atoms. The Labute approximate surface area is 117 Å². The van der Waals surface area contributed by atoms with Crippen LogP contribution in [0.25, 0.3) is 0 Å². The van der Waals surface area contributed by atoms with Crippen molar-refractivity contribution in [2.75, 3.05) is 13.2 Å². The summed E-state index contributed by atoms with van der Waals surface area (Å²) >= 11 is 0. The SMILES string of the molecule is OCc1cccc(OCc2cccc3c2OCCO3)c1. The molecule has 1 N–H and O–H groups in total. The largest absolute Gasteiger partial charge is 0.489 e. The minimum Gasteiger partial charge on any atom is -0.489 e. The van der Waals surface area contributed by atoms with Crippen molar-refractivity contribution in [3.05, 3.63) is 53.6 Å². The Bertz CT molecular complexity index is 595. The van der Waals surface area contributed by atoms with Gasteiger partial charge in [0.05, 0.1) is 6.61 Å². The van der Waals surface area contributed by atoms with Crippen molar-refractivity contribution in [1.82, 2.24) is 0 Å². The van der Waals surface area contributed by atoms with Gasteiger partial charge in [-0.3, -0.25) is 0 Å². The Hall–Kier alpha value is -2.20. The first-order chi connectivity index (χ1) is 9.86. The Kier molecular flexibility index (Phi) is 3.74. The van der Waals surface area contributed by atoms with E-state index in [4.69, 9.17) is 19.3 Å². The molecule has 0 saturated carbocycles. The van der Waals surface area contributed by atoms with Crippen LogP contribution in [0.15, 0.2) is 42.5 Å². The molecule has 3 rings (SSSR count). The van der Waals surface area contributed by atoms with Crippen LogP contribution in [0.2, 0.25) is 0 Å². The maximum absolute atomic E-state index is 9.11. The molecule has 1 aliphatic heterocycles.